The van der Waals surface area contributed by atoms with Crippen molar-refractivity contribution in [2.45, 2.75) is 50.7 Å². The first-order chi connectivity index (χ1) is 16.2. The number of rotatable bonds is 8. The van der Waals surface area contributed by atoms with E-state index in [0.717, 1.165) is 36.1 Å². The number of aromatic nitrogens is 1. The number of methoxy groups -OCH3 is 1. The highest BCUT2D eigenvalue weighted by Gasteiger charge is 2.34. The molecule has 1 fully saturated rings. The van der Waals surface area contributed by atoms with Crippen LogP contribution in [0.2, 0.25) is 0 Å². The Morgan fingerprint density at radius 3 is 2.52 bits per heavy atom. The maximum Gasteiger partial charge on any atom is 0.273 e. The van der Waals surface area contributed by atoms with Gasteiger partial charge in [0.1, 0.15) is 17.5 Å². The van der Waals surface area contributed by atoms with Crippen molar-refractivity contribution in [3.63, 3.8) is 0 Å². The first kappa shape index (κ1) is 23.0. The van der Waals surface area contributed by atoms with Gasteiger partial charge in [0.2, 0.25) is 5.91 Å². The Hall–Kier alpha value is -3.19. The van der Waals surface area contributed by atoms with Gasteiger partial charge in [-0.3, -0.25) is 14.6 Å². The average Bonchev–Trinajstić information content (AvgIpc) is 3.38. The number of ether oxygens (including phenoxy) is 1. The fourth-order valence-electron chi connectivity index (χ4n) is 4.27. The molecule has 1 aliphatic carbocycles. The van der Waals surface area contributed by atoms with Crippen LogP contribution in [0.15, 0.2) is 66.2 Å². The van der Waals surface area contributed by atoms with Gasteiger partial charge in [-0.15, -0.1) is 11.3 Å². The van der Waals surface area contributed by atoms with Crippen LogP contribution in [0, 0.1) is 0 Å². The van der Waals surface area contributed by atoms with Gasteiger partial charge >= 0.3 is 0 Å². The summed E-state index contributed by atoms with van der Waals surface area (Å²) < 4.78 is 5.30. The summed E-state index contributed by atoms with van der Waals surface area (Å²) >= 11 is 1.56. The molecule has 0 radical (unpaired) electrons. The fraction of sp³-hybridized carbons (Fsp3) is 0.346. The van der Waals surface area contributed by atoms with Crippen LogP contribution < -0.4 is 10.1 Å². The van der Waals surface area contributed by atoms with Gasteiger partial charge in [-0.05, 0) is 54.1 Å². The van der Waals surface area contributed by atoms with Gasteiger partial charge in [0.25, 0.3) is 5.91 Å². The summed E-state index contributed by atoms with van der Waals surface area (Å²) in [5, 5.41) is 5.21. The van der Waals surface area contributed by atoms with Crippen molar-refractivity contribution in [3.8, 4) is 5.75 Å². The number of carbonyl (C=O) groups is 2. The zero-order valence-corrected chi connectivity index (χ0v) is 19.6. The molecule has 2 aromatic heterocycles. The van der Waals surface area contributed by atoms with Crippen molar-refractivity contribution >= 4 is 23.2 Å². The van der Waals surface area contributed by atoms with E-state index >= 15 is 0 Å². The third-order valence-corrected chi connectivity index (χ3v) is 6.86. The zero-order chi connectivity index (χ0) is 23.0. The van der Waals surface area contributed by atoms with E-state index in [-0.39, 0.29) is 17.9 Å². The largest absolute Gasteiger partial charge is 0.497 e. The van der Waals surface area contributed by atoms with Gasteiger partial charge in [0.05, 0.1) is 13.7 Å². The summed E-state index contributed by atoms with van der Waals surface area (Å²) in [6.07, 6.45) is 6.98. The van der Waals surface area contributed by atoms with Gasteiger partial charge < -0.3 is 15.0 Å². The minimum atomic E-state index is -0.783. The van der Waals surface area contributed by atoms with Crippen molar-refractivity contribution in [2.75, 3.05) is 7.11 Å². The Morgan fingerprint density at radius 2 is 1.88 bits per heavy atom. The number of nitrogens with one attached hydrogen (secondary N) is 1. The molecule has 0 bridgehead atoms. The second-order valence-electron chi connectivity index (χ2n) is 8.25. The minimum absolute atomic E-state index is 0.139. The van der Waals surface area contributed by atoms with Gasteiger partial charge in [-0.2, -0.15) is 0 Å². The number of benzene rings is 1. The summed E-state index contributed by atoms with van der Waals surface area (Å²) in [6.45, 7) is 0.321. The summed E-state index contributed by atoms with van der Waals surface area (Å²) in [5.74, 6) is 0.266. The van der Waals surface area contributed by atoms with Gasteiger partial charge in [0.15, 0.2) is 0 Å². The van der Waals surface area contributed by atoms with E-state index in [9.17, 15) is 9.59 Å². The lowest BCUT2D eigenvalue weighted by molar-refractivity contribution is -0.127. The smallest absolute Gasteiger partial charge is 0.273 e. The molecule has 33 heavy (non-hydrogen) atoms. The number of thiophene rings is 1. The monoisotopic (exact) mass is 463 g/mol. The SMILES string of the molecule is COc1ccc(C(C(=O)NC2CCCCC2)N(Cc2cccs2)C(=O)c2ccccn2)cc1. The van der Waals surface area contributed by atoms with E-state index < -0.39 is 6.04 Å². The predicted molar refractivity (Wildman–Crippen MR) is 129 cm³/mol. The van der Waals surface area contributed by atoms with E-state index in [1.165, 1.54) is 6.42 Å². The van der Waals surface area contributed by atoms with Crippen LogP contribution in [-0.4, -0.2) is 34.8 Å². The molecule has 1 N–H and O–H groups in total. The molecule has 2 amide bonds. The normalized spacial score (nSPS) is 14.9. The molecule has 4 rings (SSSR count). The lowest BCUT2D eigenvalue weighted by Gasteiger charge is -2.33. The summed E-state index contributed by atoms with van der Waals surface area (Å²) in [7, 11) is 1.61. The molecule has 3 aromatic rings. The molecule has 1 saturated carbocycles. The Bertz CT molecular complexity index is 1030. The van der Waals surface area contributed by atoms with E-state index in [1.54, 1.807) is 47.7 Å². The van der Waals surface area contributed by atoms with Gasteiger partial charge in [-0.25, -0.2) is 0 Å². The Balaban J connectivity index is 1.71. The van der Waals surface area contributed by atoms with E-state index in [2.05, 4.69) is 10.3 Å². The highest BCUT2D eigenvalue weighted by atomic mass is 32.1. The van der Waals surface area contributed by atoms with E-state index in [0.29, 0.717) is 18.0 Å². The van der Waals surface area contributed by atoms with Gasteiger partial charge in [0, 0.05) is 17.1 Å². The molecular weight excluding hydrogens is 434 g/mol. The third kappa shape index (κ3) is 5.79. The molecule has 0 saturated heterocycles. The standard InChI is InChI=1S/C26H29N3O3S/c1-32-21-14-12-19(13-15-21)24(25(30)28-20-8-3-2-4-9-20)29(18-22-10-7-17-33-22)26(31)23-11-5-6-16-27-23/h5-7,10-17,20,24H,2-4,8-9,18H2,1H3,(H,28,30). The summed E-state index contributed by atoms with van der Waals surface area (Å²) in [6, 6.07) is 15.9. The first-order valence-corrected chi connectivity index (χ1v) is 12.2. The summed E-state index contributed by atoms with van der Waals surface area (Å²) in [5.41, 5.74) is 1.06. The Morgan fingerprint density at radius 1 is 1.09 bits per heavy atom. The van der Waals surface area contributed by atoms with Gasteiger partial charge in [-0.1, -0.05) is 43.5 Å². The number of amides is 2. The molecule has 7 heteroatoms. The molecule has 6 nitrogen and oxygen atoms in total. The number of carbonyl (C=O) groups excluding carboxylic acids is 2. The van der Waals surface area contributed by atoms with Crippen molar-refractivity contribution in [1.82, 2.24) is 15.2 Å². The number of hydrogen-bond donors (Lipinski definition) is 1. The highest BCUT2D eigenvalue weighted by molar-refractivity contribution is 7.09. The number of nitrogens with zero attached hydrogens (tertiary/aromatic N) is 2. The van der Waals surface area contributed by atoms with Crippen LogP contribution in [0.25, 0.3) is 0 Å². The third-order valence-electron chi connectivity index (χ3n) is 5.99. The quantitative estimate of drug-likeness (QED) is 0.511. The Labute approximate surface area is 198 Å². The first-order valence-electron chi connectivity index (χ1n) is 11.3. The lowest BCUT2D eigenvalue weighted by atomic mass is 9.94. The number of pyridine rings is 1. The van der Waals surface area contributed by atoms with Crippen LogP contribution in [-0.2, 0) is 11.3 Å². The topological polar surface area (TPSA) is 71.5 Å². The van der Waals surface area contributed by atoms with Crippen LogP contribution in [0.3, 0.4) is 0 Å². The highest BCUT2D eigenvalue weighted by Crippen LogP contribution is 2.29. The number of hydrogen-bond acceptors (Lipinski definition) is 5. The molecule has 1 atom stereocenters. The van der Waals surface area contributed by atoms with Crippen molar-refractivity contribution in [2.24, 2.45) is 0 Å². The van der Waals surface area contributed by atoms with Crippen LogP contribution >= 0.6 is 11.3 Å². The lowest BCUT2D eigenvalue weighted by Crippen LogP contribution is -2.47. The molecule has 1 unspecified atom stereocenters. The molecular formula is C26H29N3O3S. The van der Waals surface area contributed by atoms with E-state index in [4.69, 9.17) is 4.74 Å². The second kappa shape index (κ2) is 11.1. The van der Waals surface area contributed by atoms with E-state index in [1.807, 2.05) is 41.8 Å². The van der Waals surface area contributed by atoms with Crippen LogP contribution in [0.4, 0.5) is 0 Å². The maximum atomic E-state index is 13.7. The summed E-state index contributed by atoms with van der Waals surface area (Å²) in [4.78, 5) is 34.3. The van der Waals surface area contributed by atoms with Crippen molar-refractivity contribution < 1.29 is 14.3 Å². The molecule has 1 aromatic carbocycles. The van der Waals surface area contributed by atoms with Crippen molar-refractivity contribution in [1.29, 1.82) is 0 Å². The molecule has 1 aliphatic rings. The average molecular weight is 464 g/mol. The molecule has 172 valence electrons. The predicted octanol–water partition coefficient (Wildman–Crippen LogP) is 4.98. The van der Waals surface area contributed by atoms with Crippen molar-refractivity contribution in [3.05, 3.63) is 82.3 Å². The molecule has 0 spiro atoms. The van der Waals surface area contributed by atoms with Crippen LogP contribution in [0.1, 0.15) is 59.1 Å². The Kier molecular flexibility index (Phi) is 7.73. The second-order valence-corrected chi connectivity index (χ2v) is 9.28. The fourth-order valence-corrected chi connectivity index (χ4v) is 4.98. The minimum Gasteiger partial charge on any atom is -0.497 e. The molecule has 2 heterocycles. The van der Waals surface area contributed by atoms with Crippen LogP contribution in [0.5, 0.6) is 5.75 Å². The zero-order valence-electron chi connectivity index (χ0n) is 18.8. The maximum absolute atomic E-state index is 13.7. The molecule has 0 aliphatic heterocycles.